The number of imidazole rings is 1. The van der Waals surface area contributed by atoms with Crippen LogP contribution in [0.15, 0.2) is 36.7 Å². The number of nitrogen functional groups attached to an aromatic ring is 1. The van der Waals surface area contributed by atoms with Crippen LogP contribution in [0.4, 0.5) is 24.9 Å². The molecule has 0 radical (unpaired) electrons. The molecular weight excluding hydrogens is 598 g/mol. The summed E-state index contributed by atoms with van der Waals surface area (Å²) in [6.45, 7) is 2.18. The second kappa shape index (κ2) is 12.2. The highest BCUT2D eigenvalue weighted by molar-refractivity contribution is 7.52. The molecule has 3 aromatic rings. The van der Waals surface area contributed by atoms with E-state index >= 15 is 0 Å². The van der Waals surface area contributed by atoms with Crippen molar-refractivity contribution in [1.29, 1.82) is 0 Å². The number of fused-ring (bicyclic) bond motifs is 1. The highest BCUT2D eigenvalue weighted by Gasteiger charge is 2.59. The zero-order chi connectivity index (χ0) is 30.9. The summed E-state index contributed by atoms with van der Waals surface area (Å²) in [5.74, 6) is -3.05. The largest absolute Gasteiger partial charge is 0.465 e. The Hall–Kier alpha value is -3.50. The SMILES string of the molecule is CCOC(=O)[C@H](C)N[P@](=O)(OC[C@H]1O[C@@H](n2cnc3c(NC4CC4)nc(N)nc32)[C@@H](C(F)(F)F)[C@@H]1O)Oc1ccccc1. The average molecular weight is 630 g/mol. The maximum Gasteiger partial charge on any atom is 0.459 e. The van der Waals surface area contributed by atoms with Crippen molar-refractivity contribution >= 4 is 36.6 Å². The van der Waals surface area contributed by atoms with E-state index in [0.717, 1.165) is 23.7 Å². The van der Waals surface area contributed by atoms with Crippen LogP contribution in [0.1, 0.15) is 32.9 Å². The molecule has 2 fully saturated rings. The molecule has 5 N–H and O–H groups in total. The maximum atomic E-state index is 14.3. The number of aliphatic hydroxyl groups excluding tert-OH is 1. The lowest BCUT2D eigenvalue weighted by Crippen LogP contribution is -2.39. The number of anilines is 2. The Morgan fingerprint density at radius 1 is 1.28 bits per heavy atom. The molecule has 234 valence electrons. The number of nitrogens with zero attached hydrogens (tertiary/aromatic N) is 4. The number of halogens is 3. The minimum atomic E-state index is -4.94. The third-order valence-electron chi connectivity index (χ3n) is 6.75. The number of rotatable bonds is 12. The van der Waals surface area contributed by atoms with Crippen molar-refractivity contribution in [2.75, 3.05) is 24.3 Å². The van der Waals surface area contributed by atoms with Gasteiger partial charge >= 0.3 is 19.9 Å². The monoisotopic (exact) mass is 629 g/mol. The summed E-state index contributed by atoms with van der Waals surface area (Å²) in [5, 5.41) is 16.4. The zero-order valence-corrected chi connectivity index (χ0v) is 24.0. The van der Waals surface area contributed by atoms with Gasteiger partial charge in [-0.3, -0.25) is 13.9 Å². The van der Waals surface area contributed by atoms with Crippen LogP contribution in [0.2, 0.25) is 0 Å². The number of para-hydroxylation sites is 1. The number of nitrogens with one attached hydrogen (secondary N) is 2. The Bertz CT molecular complexity index is 1490. The zero-order valence-electron chi connectivity index (χ0n) is 23.1. The van der Waals surface area contributed by atoms with Gasteiger partial charge in [-0.1, -0.05) is 18.2 Å². The first-order valence-corrected chi connectivity index (χ1v) is 15.0. The number of benzene rings is 1. The second-order valence-electron chi connectivity index (χ2n) is 10.1. The Labute approximate surface area is 243 Å². The molecule has 14 nitrogen and oxygen atoms in total. The van der Waals surface area contributed by atoms with Crippen molar-refractivity contribution in [2.24, 2.45) is 5.92 Å². The summed E-state index contributed by atoms with van der Waals surface area (Å²) in [5.41, 5.74) is 5.98. The lowest BCUT2D eigenvalue weighted by atomic mass is 9.99. The fraction of sp³-hybridized carbons (Fsp3) is 0.520. The molecule has 0 amide bonds. The molecule has 0 bridgehead atoms. The van der Waals surface area contributed by atoms with Crippen LogP contribution in [-0.4, -0.2) is 74.3 Å². The van der Waals surface area contributed by atoms with Crippen molar-refractivity contribution < 1.29 is 46.2 Å². The van der Waals surface area contributed by atoms with Crippen molar-refractivity contribution in [3.63, 3.8) is 0 Å². The summed E-state index contributed by atoms with van der Waals surface area (Å²) < 4.78 is 79.3. The van der Waals surface area contributed by atoms with Crippen molar-refractivity contribution in [1.82, 2.24) is 24.6 Å². The average Bonchev–Trinajstić information content (AvgIpc) is 3.54. The minimum Gasteiger partial charge on any atom is -0.465 e. The molecule has 1 saturated carbocycles. The van der Waals surface area contributed by atoms with Crippen LogP contribution in [0, 0.1) is 5.92 Å². The topological polar surface area (TPSA) is 185 Å². The van der Waals surface area contributed by atoms with E-state index in [4.69, 9.17) is 24.3 Å². The number of nitrogens with two attached hydrogens (primary N) is 1. The molecule has 3 heterocycles. The van der Waals surface area contributed by atoms with E-state index in [-0.39, 0.29) is 41.3 Å². The highest BCUT2D eigenvalue weighted by atomic mass is 31.2. The molecule has 0 unspecified atom stereocenters. The van der Waals surface area contributed by atoms with Crippen LogP contribution < -0.4 is 20.7 Å². The Morgan fingerprint density at radius 2 is 2.00 bits per heavy atom. The summed E-state index contributed by atoms with van der Waals surface area (Å²) in [7, 11) is -4.44. The molecule has 2 aliphatic rings. The predicted octanol–water partition coefficient (Wildman–Crippen LogP) is 3.16. The van der Waals surface area contributed by atoms with Gasteiger partial charge in [0.1, 0.15) is 23.8 Å². The van der Waals surface area contributed by atoms with E-state index in [9.17, 15) is 27.6 Å². The molecular formula is C25H31F3N7O7P. The number of hydrogen-bond acceptors (Lipinski definition) is 12. The Kier molecular flexibility index (Phi) is 8.81. The first-order chi connectivity index (χ1) is 20.4. The molecule has 2 aromatic heterocycles. The van der Waals surface area contributed by atoms with Gasteiger partial charge < -0.3 is 30.2 Å². The lowest BCUT2D eigenvalue weighted by molar-refractivity contribution is -0.210. The van der Waals surface area contributed by atoms with Crippen LogP contribution >= 0.6 is 7.75 Å². The third-order valence-corrected chi connectivity index (χ3v) is 8.39. The van der Waals surface area contributed by atoms with Crippen molar-refractivity contribution in [3.05, 3.63) is 36.7 Å². The lowest BCUT2D eigenvalue weighted by Gasteiger charge is -2.25. The first-order valence-electron chi connectivity index (χ1n) is 13.5. The second-order valence-corrected chi connectivity index (χ2v) is 11.8. The van der Waals surface area contributed by atoms with Crippen LogP contribution in [0.3, 0.4) is 0 Å². The quantitative estimate of drug-likeness (QED) is 0.169. The number of carbonyl (C=O) groups is 1. The number of carbonyl (C=O) groups excluding carboxylic acids is 1. The van der Waals surface area contributed by atoms with Gasteiger partial charge in [0, 0.05) is 6.04 Å². The van der Waals surface area contributed by atoms with E-state index in [0.29, 0.717) is 0 Å². The summed E-state index contributed by atoms with van der Waals surface area (Å²) >= 11 is 0. The molecule has 18 heteroatoms. The van der Waals surface area contributed by atoms with Gasteiger partial charge in [-0.05, 0) is 38.8 Å². The normalized spacial score (nSPS) is 24.4. The molecule has 1 aromatic carbocycles. The standard InChI is InChI=1S/C25H31F3N7O7P/c1-3-39-23(37)13(2)34-43(38,42-15-7-5-4-6-8-15)40-11-16-19(36)17(25(26,27)28)22(41-16)35-12-30-18-20(31-14-9-10-14)32-24(29)33-21(18)35/h4-8,12-14,16-17,19,22,36H,3,9-11H2,1-2H3,(H,34,38)(H3,29,31,32,33)/t13-,16+,17-,19+,22+,43-/m0/s1. The molecule has 5 rings (SSSR count). The van der Waals surface area contributed by atoms with Gasteiger partial charge in [-0.15, -0.1) is 0 Å². The number of ether oxygens (including phenoxy) is 2. The van der Waals surface area contributed by atoms with E-state index in [1.807, 2.05) is 0 Å². The molecule has 6 atom stereocenters. The molecule has 1 aliphatic heterocycles. The Morgan fingerprint density at radius 3 is 2.65 bits per heavy atom. The van der Waals surface area contributed by atoms with Gasteiger partial charge in [0.15, 0.2) is 23.2 Å². The van der Waals surface area contributed by atoms with Gasteiger partial charge in [0.05, 0.1) is 25.6 Å². The fourth-order valence-corrected chi connectivity index (χ4v) is 6.06. The van der Waals surface area contributed by atoms with Gasteiger partial charge in [-0.25, -0.2) is 9.55 Å². The molecule has 43 heavy (non-hydrogen) atoms. The fourth-order valence-electron chi connectivity index (χ4n) is 4.56. The van der Waals surface area contributed by atoms with Crippen LogP contribution in [-0.2, 0) is 23.4 Å². The van der Waals surface area contributed by atoms with E-state index in [2.05, 4.69) is 25.4 Å². The van der Waals surface area contributed by atoms with Gasteiger partial charge in [0.2, 0.25) is 5.95 Å². The number of esters is 1. The first kappa shape index (κ1) is 30.9. The van der Waals surface area contributed by atoms with E-state index < -0.39 is 56.9 Å². The predicted molar refractivity (Wildman–Crippen MR) is 146 cm³/mol. The van der Waals surface area contributed by atoms with Crippen LogP contribution in [0.25, 0.3) is 11.2 Å². The van der Waals surface area contributed by atoms with Crippen LogP contribution in [0.5, 0.6) is 5.75 Å². The van der Waals surface area contributed by atoms with Crippen molar-refractivity contribution in [2.45, 2.75) is 63.4 Å². The van der Waals surface area contributed by atoms with Crippen molar-refractivity contribution in [3.8, 4) is 5.75 Å². The minimum absolute atomic E-state index is 0.0355. The summed E-state index contributed by atoms with van der Waals surface area (Å²) in [4.78, 5) is 24.6. The van der Waals surface area contributed by atoms with Gasteiger partial charge in [-0.2, -0.15) is 28.2 Å². The third kappa shape index (κ3) is 7.02. The van der Waals surface area contributed by atoms with E-state index in [1.54, 1.807) is 25.1 Å². The molecule has 1 aliphatic carbocycles. The number of aromatic nitrogens is 4. The summed E-state index contributed by atoms with van der Waals surface area (Å²) in [6, 6.07) is 6.76. The summed E-state index contributed by atoms with van der Waals surface area (Å²) in [6.07, 6.45) is -7.67. The van der Waals surface area contributed by atoms with Gasteiger partial charge in [0.25, 0.3) is 0 Å². The Balaban J connectivity index is 1.40. The molecule has 1 saturated heterocycles. The molecule has 0 spiro atoms. The maximum absolute atomic E-state index is 14.3. The smallest absolute Gasteiger partial charge is 0.459 e. The number of alkyl halides is 3. The van der Waals surface area contributed by atoms with E-state index in [1.165, 1.54) is 19.1 Å². The highest BCUT2D eigenvalue weighted by Crippen LogP contribution is 2.49. The number of aliphatic hydroxyl groups is 1. The number of hydrogen-bond donors (Lipinski definition) is 4.